The molecule has 3 amide bonds. The first-order chi connectivity index (χ1) is 13.9. The van der Waals surface area contributed by atoms with Crippen LogP contribution in [-0.4, -0.2) is 42.2 Å². The molecule has 8 heteroatoms. The third-order valence-electron chi connectivity index (χ3n) is 5.35. The van der Waals surface area contributed by atoms with Crippen LogP contribution in [0.3, 0.4) is 0 Å². The lowest BCUT2D eigenvalue weighted by atomic mass is 9.80. The standard InChI is InChI=1S/C21H17FN2O5/c1-29-18(26)12-24-17(25)10-21(20(24)28)15-9-14(22)7-8-16(15)23(19(21)27)11-13-5-3-2-4-6-13/h2-9H,10-12H2,1H3. The Hall–Kier alpha value is -3.55. The second kappa shape index (κ2) is 6.80. The normalized spacial score (nSPS) is 20.6. The van der Waals surface area contributed by atoms with Gasteiger partial charge in [0.1, 0.15) is 12.4 Å². The van der Waals surface area contributed by atoms with E-state index in [0.29, 0.717) is 10.6 Å². The number of esters is 1. The molecule has 7 nitrogen and oxygen atoms in total. The van der Waals surface area contributed by atoms with Gasteiger partial charge in [0, 0.05) is 11.3 Å². The number of anilines is 1. The Bertz CT molecular complexity index is 1040. The number of hydrogen-bond donors (Lipinski definition) is 0. The number of ether oxygens (including phenoxy) is 1. The molecule has 2 heterocycles. The molecule has 1 spiro atoms. The summed E-state index contributed by atoms with van der Waals surface area (Å²) < 4.78 is 18.6. The van der Waals surface area contributed by atoms with E-state index in [0.717, 1.165) is 18.7 Å². The number of amides is 3. The molecule has 2 aromatic carbocycles. The van der Waals surface area contributed by atoms with Crippen LogP contribution in [0.15, 0.2) is 48.5 Å². The van der Waals surface area contributed by atoms with E-state index >= 15 is 0 Å². The van der Waals surface area contributed by atoms with Gasteiger partial charge in [-0.05, 0) is 23.8 Å². The average molecular weight is 396 g/mol. The summed E-state index contributed by atoms with van der Waals surface area (Å²) in [6.07, 6.45) is -0.455. The van der Waals surface area contributed by atoms with Crippen molar-refractivity contribution in [1.82, 2.24) is 4.90 Å². The molecule has 0 saturated carbocycles. The molecule has 0 bridgehead atoms. The van der Waals surface area contributed by atoms with E-state index in [2.05, 4.69) is 4.74 Å². The van der Waals surface area contributed by atoms with E-state index in [4.69, 9.17) is 0 Å². The van der Waals surface area contributed by atoms with Crippen molar-refractivity contribution in [3.8, 4) is 0 Å². The fourth-order valence-electron chi connectivity index (χ4n) is 3.94. The van der Waals surface area contributed by atoms with Crippen molar-refractivity contribution in [2.75, 3.05) is 18.6 Å². The van der Waals surface area contributed by atoms with Crippen LogP contribution in [0.25, 0.3) is 0 Å². The van der Waals surface area contributed by atoms with Gasteiger partial charge in [0.15, 0.2) is 5.41 Å². The Balaban J connectivity index is 1.79. The number of carbonyl (C=O) groups excluding carboxylic acids is 4. The fraction of sp³-hybridized carbons (Fsp3) is 0.238. The molecule has 2 aliphatic rings. The van der Waals surface area contributed by atoms with E-state index < -0.39 is 47.9 Å². The molecule has 0 N–H and O–H groups in total. The minimum atomic E-state index is -1.86. The Labute approximate surface area is 165 Å². The molecule has 0 radical (unpaired) electrons. The second-order valence-electron chi connectivity index (χ2n) is 6.98. The smallest absolute Gasteiger partial charge is 0.325 e. The number of likely N-dealkylation sites (tertiary alicyclic amines) is 1. The maximum absolute atomic E-state index is 14.1. The van der Waals surface area contributed by atoms with Crippen LogP contribution in [-0.2, 0) is 35.9 Å². The summed E-state index contributed by atoms with van der Waals surface area (Å²) in [5.41, 5.74) is -0.529. The van der Waals surface area contributed by atoms with Gasteiger partial charge >= 0.3 is 5.97 Å². The summed E-state index contributed by atoms with van der Waals surface area (Å²) in [4.78, 5) is 52.9. The second-order valence-corrected chi connectivity index (χ2v) is 6.98. The highest BCUT2D eigenvalue weighted by atomic mass is 19.1. The van der Waals surface area contributed by atoms with Crippen LogP contribution in [0, 0.1) is 5.82 Å². The minimum absolute atomic E-state index is 0.143. The van der Waals surface area contributed by atoms with Crippen molar-refractivity contribution in [3.05, 3.63) is 65.5 Å². The monoisotopic (exact) mass is 396 g/mol. The van der Waals surface area contributed by atoms with Crippen LogP contribution >= 0.6 is 0 Å². The van der Waals surface area contributed by atoms with E-state index in [-0.39, 0.29) is 12.1 Å². The topological polar surface area (TPSA) is 84.0 Å². The number of imide groups is 1. The molecular weight excluding hydrogens is 379 g/mol. The van der Waals surface area contributed by atoms with Gasteiger partial charge in [0.05, 0.1) is 20.1 Å². The lowest BCUT2D eigenvalue weighted by Gasteiger charge is -2.22. The summed E-state index contributed by atoms with van der Waals surface area (Å²) in [7, 11) is 1.14. The predicted molar refractivity (Wildman–Crippen MR) is 99.1 cm³/mol. The Kier molecular flexibility index (Phi) is 4.41. The van der Waals surface area contributed by atoms with E-state index in [1.54, 1.807) is 0 Å². The molecule has 0 aliphatic carbocycles. The first kappa shape index (κ1) is 18.8. The maximum Gasteiger partial charge on any atom is 0.325 e. The zero-order valence-electron chi connectivity index (χ0n) is 15.6. The van der Waals surface area contributed by atoms with Gasteiger partial charge in [-0.15, -0.1) is 0 Å². The van der Waals surface area contributed by atoms with Gasteiger partial charge in [-0.3, -0.25) is 24.1 Å². The lowest BCUT2D eigenvalue weighted by Crippen LogP contribution is -2.47. The number of nitrogens with zero attached hydrogens (tertiary/aromatic N) is 2. The van der Waals surface area contributed by atoms with Crippen molar-refractivity contribution >= 4 is 29.4 Å². The first-order valence-electron chi connectivity index (χ1n) is 8.96. The largest absolute Gasteiger partial charge is 0.468 e. The van der Waals surface area contributed by atoms with Gasteiger partial charge in [-0.1, -0.05) is 30.3 Å². The third kappa shape index (κ3) is 2.79. The van der Waals surface area contributed by atoms with Crippen LogP contribution in [0.4, 0.5) is 10.1 Å². The van der Waals surface area contributed by atoms with E-state index in [9.17, 15) is 23.6 Å². The number of benzene rings is 2. The van der Waals surface area contributed by atoms with Gasteiger partial charge < -0.3 is 9.64 Å². The maximum atomic E-state index is 14.1. The average Bonchev–Trinajstić information content (AvgIpc) is 3.09. The molecule has 148 valence electrons. The number of methoxy groups -OCH3 is 1. The predicted octanol–water partition coefficient (Wildman–Crippen LogP) is 1.54. The molecule has 4 rings (SSSR count). The summed E-state index contributed by atoms with van der Waals surface area (Å²) in [5, 5.41) is 0. The molecule has 2 aliphatic heterocycles. The van der Waals surface area contributed by atoms with Crippen molar-refractivity contribution in [2.24, 2.45) is 0 Å². The van der Waals surface area contributed by atoms with Crippen molar-refractivity contribution in [1.29, 1.82) is 0 Å². The van der Waals surface area contributed by atoms with E-state index in [1.165, 1.54) is 17.0 Å². The zero-order valence-corrected chi connectivity index (χ0v) is 15.6. The lowest BCUT2D eigenvalue weighted by molar-refractivity contribution is -0.151. The minimum Gasteiger partial charge on any atom is -0.468 e. The number of carbonyl (C=O) groups is 4. The Morgan fingerprint density at radius 2 is 1.76 bits per heavy atom. The molecular formula is C21H17FN2O5. The van der Waals surface area contributed by atoms with Crippen LogP contribution in [0.1, 0.15) is 17.5 Å². The van der Waals surface area contributed by atoms with Gasteiger partial charge in [0.2, 0.25) is 11.8 Å². The molecule has 1 atom stereocenters. The highest BCUT2D eigenvalue weighted by Crippen LogP contribution is 2.49. The van der Waals surface area contributed by atoms with Crippen molar-refractivity contribution in [3.63, 3.8) is 0 Å². The summed E-state index contributed by atoms with van der Waals surface area (Å²) >= 11 is 0. The van der Waals surface area contributed by atoms with Crippen LogP contribution in [0.2, 0.25) is 0 Å². The van der Waals surface area contributed by atoms with E-state index in [1.807, 2.05) is 30.3 Å². The van der Waals surface area contributed by atoms with Gasteiger partial charge in [0.25, 0.3) is 5.91 Å². The first-order valence-corrected chi connectivity index (χ1v) is 8.96. The van der Waals surface area contributed by atoms with Crippen molar-refractivity contribution in [2.45, 2.75) is 18.4 Å². The van der Waals surface area contributed by atoms with Crippen molar-refractivity contribution < 1.29 is 28.3 Å². The SMILES string of the molecule is COC(=O)CN1C(=O)CC2(C1=O)C(=O)N(Cc1ccccc1)c1ccc(F)cc12. The summed E-state index contributed by atoms with van der Waals surface area (Å²) in [6.45, 7) is -0.426. The molecule has 0 aromatic heterocycles. The third-order valence-corrected chi connectivity index (χ3v) is 5.35. The number of halogens is 1. The fourth-order valence-corrected chi connectivity index (χ4v) is 3.94. The Morgan fingerprint density at radius 3 is 2.45 bits per heavy atom. The van der Waals surface area contributed by atoms with Crippen LogP contribution in [0.5, 0.6) is 0 Å². The quantitative estimate of drug-likeness (QED) is 0.445. The molecule has 1 fully saturated rings. The summed E-state index contributed by atoms with van der Waals surface area (Å²) in [6, 6.07) is 12.9. The highest BCUT2D eigenvalue weighted by molar-refractivity contribution is 6.29. The van der Waals surface area contributed by atoms with Gasteiger partial charge in [-0.2, -0.15) is 0 Å². The number of fused-ring (bicyclic) bond motifs is 2. The van der Waals surface area contributed by atoms with Gasteiger partial charge in [-0.25, -0.2) is 4.39 Å². The molecule has 2 aromatic rings. The molecule has 1 saturated heterocycles. The number of hydrogen-bond acceptors (Lipinski definition) is 5. The zero-order chi connectivity index (χ0) is 20.8. The number of rotatable bonds is 4. The highest BCUT2D eigenvalue weighted by Gasteiger charge is 2.64. The summed E-state index contributed by atoms with van der Waals surface area (Å²) in [5.74, 6) is -3.52. The van der Waals surface area contributed by atoms with Crippen LogP contribution < -0.4 is 4.90 Å². The molecule has 1 unspecified atom stereocenters. The molecule has 29 heavy (non-hydrogen) atoms. The Morgan fingerprint density at radius 1 is 1.07 bits per heavy atom.